The average molecular weight is 325 g/mol. The van der Waals surface area contributed by atoms with Gasteiger partial charge in [-0.3, -0.25) is 0 Å². The minimum atomic E-state index is -3.30. The lowest BCUT2D eigenvalue weighted by Crippen LogP contribution is -2.29. The van der Waals surface area contributed by atoms with Crippen LogP contribution in [0.25, 0.3) is 0 Å². The van der Waals surface area contributed by atoms with Gasteiger partial charge in [-0.25, -0.2) is 13.1 Å². The molecule has 1 heterocycles. The van der Waals surface area contributed by atoms with E-state index < -0.39 is 16.1 Å². The zero-order valence-corrected chi connectivity index (χ0v) is 13.2. The molecule has 4 nitrogen and oxygen atoms in total. The van der Waals surface area contributed by atoms with Crippen molar-refractivity contribution in [3.8, 4) is 0 Å². The Bertz CT molecular complexity index is 624. The third-order valence-electron chi connectivity index (χ3n) is 3.11. The van der Waals surface area contributed by atoms with Gasteiger partial charge in [-0.1, -0.05) is 36.4 Å². The standard InChI is InChI=1S/C15H19NO3S2/c17-14(15-7-4-11-20-15)8-10-16-21(18,19)12-9-13-5-2-1-3-6-13/h1-7,11,14,16-17H,8-10,12H2. The molecule has 0 saturated heterocycles. The van der Waals surface area contributed by atoms with E-state index >= 15 is 0 Å². The van der Waals surface area contributed by atoms with Crippen molar-refractivity contribution in [1.29, 1.82) is 0 Å². The summed E-state index contributed by atoms with van der Waals surface area (Å²) in [5, 5.41) is 11.8. The number of hydrogen-bond acceptors (Lipinski definition) is 4. The van der Waals surface area contributed by atoms with Crippen LogP contribution in [0, 0.1) is 0 Å². The van der Waals surface area contributed by atoms with Crippen LogP contribution in [0.1, 0.15) is 23.0 Å². The maximum Gasteiger partial charge on any atom is 0.211 e. The van der Waals surface area contributed by atoms with Gasteiger partial charge >= 0.3 is 0 Å². The van der Waals surface area contributed by atoms with Crippen molar-refractivity contribution in [3.05, 3.63) is 58.3 Å². The van der Waals surface area contributed by atoms with Crippen LogP contribution < -0.4 is 4.72 Å². The molecule has 1 aromatic carbocycles. The van der Waals surface area contributed by atoms with Crippen LogP contribution in [-0.4, -0.2) is 25.8 Å². The Morgan fingerprint density at radius 1 is 1.14 bits per heavy atom. The van der Waals surface area contributed by atoms with Crippen LogP contribution in [-0.2, 0) is 16.4 Å². The van der Waals surface area contributed by atoms with E-state index in [0.717, 1.165) is 10.4 Å². The molecule has 2 rings (SSSR count). The van der Waals surface area contributed by atoms with Crippen molar-refractivity contribution in [2.24, 2.45) is 0 Å². The summed E-state index contributed by atoms with van der Waals surface area (Å²) in [6.45, 7) is 0.246. The van der Waals surface area contributed by atoms with E-state index in [1.54, 1.807) is 0 Å². The number of nitrogens with one attached hydrogen (secondary N) is 1. The molecule has 1 atom stereocenters. The number of aryl methyl sites for hydroxylation is 1. The monoisotopic (exact) mass is 325 g/mol. The van der Waals surface area contributed by atoms with Gasteiger partial charge in [0.15, 0.2) is 0 Å². The molecular formula is C15H19NO3S2. The predicted molar refractivity (Wildman–Crippen MR) is 85.8 cm³/mol. The molecule has 0 radical (unpaired) electrons. The molecule has 0 aliphatic heterocycles. The van der Waals surface area contributed by atoms with Crippen molar-refractivity contribution >= 4 is 21.4 Å². The van der Waals surface area contributed by atoms with Crippen LogP contribution in [0.3, 0.4) is 0 Å². The summed E-state index contributed by atoms with van der Waals surface area (Å²) in [5.74, 6) is 0.0616. The van der Waals surface area contributed by atoms with Crippen LogP contribution in [0.4, 0.5) is 0 Å². The first kappa shape index (κ1) is 16.2. The molecule has 2 N–H and O–H groups in total. The highest BCUT2D eigenvalue weighted by molar-refractivity contribution is 7.89. The van der Waals surface area contributed by atoms with E-state index in [2.05, 4.69) is 4.72 Å². The van der Waals surface area contributed by atoms with Gasteiger partial charge in [0.1, 0.15) is 0 Å². The molecule has 21 heavy (non-hydrogen) atoms. The Balaban J connectivity index is 1.74. The van der Waals surface area contributed by atoms with Gasteiger partial charge in [-0.05, 0) is 29.9 Å². The van der Waals surface area contributed by atoms with Gasteiger partial charge in [0.2, 0.25) is 10.0 Å². The molecule has 114 valence electrons. The fourth-order valence-corrected chi connectivity index (χ4v) is 3.77. The summed E-state index contributed by atoms with van der Waals surface area (Å²) in [7, 11) is -3.30. The molecule has 6 heteroatoms. The molecule has 1 unspecified atom stereocenters. The second-order valence-electron chi connectivity index (χ2n) is 4.77. The van der Waals surface area contributed by atoms with E-state index in [9.17, 15) is 13.5 Å². The fourth-order valence-electron chi connectivity index (χ4n) is 1.94. The smallest absolute Gasteiger partial charge is 0.211 e. The molecular weight excluding hydrogens is 306 g/mol. The summed E-state index contributed by atoms with van der Waals surface area (Å²) in [6.07, 6.45) is 0.260. The van der Waals surface area contributed by atoms with Gasteiger partial charge in [0.25, 0.3) is 0 Å². The van der Waals surface area contributed by atoms with E-state index in [1.165, 1.54) is 11.3 Å². The number of hydrogen-bond donors (Lipinski definition) is 2. The lowest BCUT2D eigenvalue weighted by Gasteiger charge is -2.10. The SMILES string of the molecule is O=S(=O)(CCc1ccccc1)NCCC(O)c1cccs1. The Morgan fingerprint density at radius 2 is 1.90 bits per heavy atom. The minimum Gasteiger partial charge on any atom is -0.388 e. The van der Waals surface area contributed by atoms with Crippen molar-refractivity contribution in [3.63, 3.8) is 0 Å². The van der Waals surface area contributed by atoms with Gasteiger partial charge < -0.3 is 5.11 Å². The molecule has 0 aliphatic rings. The lowest BCUT2D eigenvalue weighted by atomic mass is 10.2. The maximum atomic E-state index is 11.9. The number of aliphatic hydroxyl groups is 1. The number of thiophene rings is 1. The lowest BCUT2D eigenvalue weighted by molar-refractivity contribution is 0.173. The highest BCUT2D eigenvalue weighted by atomic mass is 32.2. The summed E-state index contributed by atoms with van der Waals surface area (Å²) < 4.78 is 26.3. The quantitative estimate of drug-likeness (QED) is 0.783. The minimum absolute atomic E-state index is 0.0616. The Hall–Kier alpha value is -1.21. The zero-order chi connectivity index (χ0) is 15.1. The second-order valence-corrected chi connectivity index (χ2v) is 7.67. The summed E-state index contributed by atoms with van der Waals surface area (Å²) in [5.41, 5.74) is 1.00. The number of sulfonamides is 1. The van der Waals surface area contributed by atoms with Gasteiger partial charge in [-0.2, -0.15) is 0 Å². The number of benzene rings is 1. The van der Waals surface area contributed by atoms with E-state index in [4.69, 9.17) is 0 Å². The molecule has 0 fully saturated rings. The van der Waals surface area contributed by atoms with Crippen molar-refractivity contribution in [1.82, 2.24) is 4.72 Å². The fraction of sp³-hybridized carbons (Fsp3) is 0.333. The zero-order valence-electron chi connectivity index (χ0n) is 11.6. The summed E-state index contributed by atoms with van der Waals surface area (Å²) >= 11 is 1.47. The van der Waals surface area contributed by atoms with E-state index in [1.807, 2.05) is 47.8 Å². The third kappa shape index (κ3) is 5.59. The second kappa shape index (κ2) is 7.70. The first-order chi connectivity index (χ1) is 10.1. The van der Waals surface area contributed by atoms with Crippen molar-refractivity contribution < 1.29 is 13.5 Å². The van der Waals surface area contributed by atoms with Gasteiger partial charge in [-0.15, -0.1) is 11.3 Å². The van der Waals surface area contributed by atoms with E-state index in [0.29, 0.717) is 12.8 Å². The topological polar surface area (TPSA) is 66.4 Å². The average Bonchev–Trinajstić information content (AvgIpc) is 3.00. The number of aliphatic hydroxyl groups excluding tert-OH is 1. The van der Waals surface area contributed by atoms with Crippen LogP contribution in [0.2, 0.25) is 0 Å². The Kier molecular flexibility index (Phi) is 5.93. The molecule has 2 aromatic rings. The first-order valence-electron chi connectivity index (χ1n) is 6.79. The Labute approximate surface area is 129 Å². The maximum absolute atomic E-state index is 11.9. The predicted octanol–water partition coefficient (Wildman–Crippen LogP) is 2.33. The molecule has 0 aliphatic carbocycles. The van der Waals surface area contributed by atoms with Crippen LogP contribution >= 0.6 is 11.3 Å². The summed E-state index contributed by atoms with van der Waals surface area (Å²) in [4.78, 5) is 0.860. The molecule has 0 spiro atoms. The van der Waals surface area contributed by atoms with Crippen molar-refractivity contribution in [2.45, 2.75) is 18.9 Å². The first-order valence-corrected chi connectivity index (χ1v) is 9.33. The van der Waals surface area contributed by atoms with Crippen molar-refractivity contribution in [2.75, 3.05) is 12.3 Å². The molecule has 0 bridgehead atoms. The highest BCUT2D eigenvalue weighted by Gasteiger charge is 2.13. The Morgan fingerprint density at radius 3 is 2.57 bits per heavy atom. The van der Waals surface area contributed by atoms with Gasteiger partial charge in [0.05, 0.1) is 11.9 Å². The molecule has 0 amide bonds. The van der Waals surface area contributed by atoms with Crippen LogP contribution in [0.5, 0.6) is 0 Å². The van der Waals surface area contributed by atoms with Gasteiger partial charge in [0, 0.05) is 11.4 Å². The highest BCUT2D eigenvalue weighted by Crippen LogP contribution is 2.20. The largest absolute Gasteiger partial charge is 0.388 e. The molecule has 1 aromatic heterocycles. The van der Waals surface area contributed by atoms with Crippen LogP contribution in [0.15, 0.2) is 47.8 Å². The number of rotatable bonds is 8. The summed E-state index contributed by atoms with van der Waals surface area (Å²) in [6, 6.07) is 13.2. The van der Waals surface area contributed by atoms with E-state index in [-0.39, 0.29) is 12.3 Å². The third-order valence-corrected chi connectivity index (χ3v) is 5.47. The normalized spacial score (nSPS) is 13.2. The molecule has 0 saturated carbocycles.